The summed E-state index contributed by atoms with van der Waals surface area (Å²) < 4.78 is 11.0. The van der Waals surface area contributed by atoms with Gasteiger partial charge in [0.05, 0.1) is 31.8 Å². The second-order valence-corrected chi connectivity index (χ2v) is 8.96. The summed E-state index contributed by atoms with van der Waals surface area (Å²) in [5, 5.41) is 20.5. The number of ketones is 1. The Kier molecular flexibility index (Phi) is 6.40. The fourth-order valence-corrected chi connectivity index (χ4v) is 4.84. The minimum atomic E-state index is -0.972. The van der Waals surface area contributed by atoms with Crippen molar-refractivity contribution in [2.24, 2.45) is 0 Å². The predicted molar refractivity (Wildman–Crippen MR) is 136 cm³/mol. The molecule has 0 aromatic heterocycles. The average molecular weight is 500 g/mol. The number of hydrogen-bond donors (Lipinski definition) is 2. The Labute approximate surface area is 213 Å². The smallest absolute Gasteiger partial charge is 0.307 e. The number of carboxylic acids is 1. The molecule has 8 nitrogen and oxygen atoms in total. The van der Waals surface area contributed by atoms with E-state index in [4.69, 9.17) is 14.6 Å². The van der Waals surface area contributed by atoms with E-state index in [-0.39, 0.29) is 17.8 Å². The molecule has 1 amide bonds. The van der Waals surface area contributed by atoms with E-state index in [0.29, 0.717) is 34.7 Å². The van der Waals surface area contributed by atoms with Gasteiger partial charge in [-0.05, 0) is 72.0 Å². The van der Waals surface area contributed by atoms with Gasteiger partial charge < -0.3 is 19.7 Å². The normalized spacial score (nSPS) is 18.3. The number of aliphatic carboxylic acids is 1. The van der Waals surface area contributed by atoms with Gasteiger partial charge in [0.25, 0.3) is 11.7 Å². The fourth-order valence-electron chi connectivity index (χ4n) is 4.84. The molecule has 0 spiro atoms. The molecule has 2 N–H and O–H groups in total. The molecule has 188 valence electrons. The molecular formula is C29H25NO7. The molecule has 0 saturated carbocycles. The van der Waals surface area contributed by atoms with Crippen LogP contribution in [0.5, 0.6) is 11.5 Å². The van der Waals surface area contributed by atoms with Crippen LogP contribution in [-0.2, 0) is 27.2 Å². The lowest BCUT2D eigenvalue weighted by atomic mass is 9.93. The molecule has 2 heterocycles. The van der Waals surface area contributed by atoms with Gasteiger partial charge in [-0.2, -0.15) is 0 Å². The number of carboxylic acid groups (broad SMARTS) is 1. The Hall–Kier alpha value is -4.59. The third-order valence-electron chi connectivity index (χ3n) is 6.61. The summed E-state index contributed by atoms with van der Waals surface area (Å²) in [6.07, 6.45) is 1.47. The largest absolute Gasteiger partial charge is 0.507 e. The van der Waals surface area contributed by atoms with E-state index in [1.54, 1.807) is 66.7 Å². The van der Waals surface area contributed by atoms with E-state index >= 15 is 0 Å². The number of rotatable bonds is 6. The number of Topliss-reactive ketones (excluding diaryl/α,β-unsaturated/α-hetero) is 1. The van der Waals surface area contributed by atoms with Crippen LogP contribution in [-0.4, -0.2) is 41.6 Å². The number of amides is 1. The van der Waals surface area contributed by atoms with Crippen molar-refractivity contribution in [2.45, 2.75) is 25.3 Å². The highest BCUT2D eigenvalue weighted by atomic mass is 16.5. The zero-order valence-electron chi connectivity index (χ0n) is 20.1. The molecule has 8 heteroatoms. The maximum Gasteiger partial charge on any atom is 0.307 e. The van der Waals surface area contributed by atoms with E-state index in [1.165, 1.54) is 12.0 Å². The second-order valence-electron chi connectivity index (χ2n) is 8.96. The molecule has 2 aliphatic rings. The van der Waals surface area contributed by atoms with Crippen LogP contribution in [0.4, 0.5) is 5.69 Å². The van der Waals surface area contributed by atoms with E-state index in [1.807, 2.05) is 0 Å². The van der Waals surface area contributed by atoms with Gasteiger partial charge in [0.15, 0.2) is 0 Å². The number of methoxy groups -OCH3 is 1. The molecule has 3 aromatic carbocycles. The highest BCUT2D eigenvalue weighted by molar-refractivity contribution is 6.51. The van der Waals surface area contributed by atoms with Crippen molar-refractivity contribution >= 4 is 29.1 Å². The molecule has 0 bridgehead atoms. The number of anilines is 1. The fraction of sp³-hybridized carbons (Fsp3) is 0.207. The topological polar surface area (TPSA) is 113 Å². The minimum absolute atomic E-state index is 0.0375. The summed E-state index contributed by atoms with van der Waals surface area (Å²) in [7, 11) is 1.52. The summed E-state index contributed by atoms with van der Waals surface area (Å²) in [5.74, 6) is -1.57. The molecule has 37 heavy (non-hydrogen) atoms. The van der Waals surface area contributed by atoms with Gasteiger partial charge in [-0.1, -0.05) is 24.3 Å². The van der Waals surface area contributed by atoms with Gasteiger partial charge in [0.1, 0.15) is 17.3 Å². The van der Waals surface area contributed by atoms with Crippen LogP contribution in [0.2, 0.25) is 0 Å². The van der Waals surface area contributed by atoms with Gasteiger partial charge in [0, 0.05) is 11.3 Å². The first kappa shape index (κ1) is 24.1. The quantitative estimate of drug-likeness (QED) is 0.296. The van der Waals surface area contributed by atoms with Gasteiger partial charge in [-0.25, -0.2) is 0 Å². The first-order chi connectivity index (χ1) is 17.9. The highest BCUT2D eigenvalue weighted by Gasteiger charge is 2.47. The van der Waals surface area contributed by atoms with Crippen molar-refractivity contribution in [3.8, 4) is 11.5 Å². The first-order valence-corrected chi connectivity index (χ1v) is 11.9. The summed E-state index contributed by atoms with van der Waals surface area (Å²) in [6, 6.07) is 17.7. The lowest BCUT2D eigenvalue weighted by Crippen LogP contribution is -2.29. The monoisotopic (exact) mass is 499 g/mol. The van der Waals surface area contributed by atoms with Crippen molar-refractivity contribution in [3.05, 3.63) is 94.6 Å². The van der Waals surface area contributed by atoms with Crippen LogP contribution in [0.25, 0.3) is 5.76 Å². The number of benzene rings is 3. The van der Waals surface area contributed by atoms with E-state index in [0.717, 1.165) is 24.2 Å². The zero-order valence-corrected chi connectivity index (χ0v) is 20.1. The second kappa shape index (κ2) is 9.81. The maximum absolute atomic E-state index is 13.4. The third kappa shape index (κ3) is 4.53. The number of nitrogens with zero attached hydrogens (tertiary/aromatic N) is 1. The third-order valence-corrected chi connectivity index (χ3v) is 6.61. The molecule has 0 aliphatic carbocycles. The van der Waals surface area contributed by atoms with E-state index in [2.05, 4.69) is 0 Å². The first-order valence-electron chi connectivity index (χ1n) is 11.9. The molecule has 1 saturated heterocycles. The Morgan fingerprint density at radius 1 is 1.05 bits per heavy atom. The Bertz CT molecular complexity index is 1420. The molecule has 2 aliphatic heterocycles. The number of aliphatic hydroxyl groups excluding tert-OH is 1. The van der Waals surface area contributed by atoms with Gasteiger partial charge in [-0.3, -0.25) is 19.3 Å². The Balaban J connectivity index is 1.65. The number of hydrogen-bond acceptors (Lipinski definition) is 6. The van der Waals surface area contributed by atoms with Crippen molar-refractivity contribution in [1.82, 2.24) is 0 Å². The molecule has 5 rings (SSSR count). The summed E-state index contributed by atoms with van der Waals surface area (Å²) >= 11 is 0. The van der Waals surface area contributed by atoms with Crippen LogP contribution < -0.4 is 14.4 Å². The van der Waals surface area contributed by atoms with Gasteiger partial charge in [-0.15, -0.1) is 0 Å². The number of aryl methyl sites for hydroxylation is 1. The predicted octanol–water partition coefficient (Wildman–Crippen LogP) is 4.27. The molecule has 0 radical (unpaired) electrons. The lowest BCUT2D eigenvalue weighted by Gasteiger charge is -2.26. The number of ether oxygens (including phenoxy) is 2. The highest BCUT2D eigenvalue weighted by Crippen LogP contribution is 2.43. The molecule has 3 aromatic rings. The van der Waals surface area contributed by atoms with Crippen molar-refractivity contribution in [1.29, 1.82) is 0 Å². The summed E-state index contributed by atoms with van der Waals surface area (Å²) in [5.41, 5.74) is 2.85. The minimum Gasteiger partial charge on any atom is -0.507 e. The average Bonchev–Trinajstić information content (AvgIpc) is 3.18. The van der Waals surface area contributed by atoms with Gasteiger partial charge in [0.2, 0.25) is 0 Å². The molecule has 1 unspecified atom stereocenters. The Morgan fingerprint density at radius 2 is 1.84 bits per heavy atom. The van der Waals surface area contributed by atoms with Gasteiger partial charge >= 0.3 is 5.97 Å². The number of fused-ring (bicyclic) bond motifs is 1. The SMILES string of the molecule is COc1cccc(C2/C(=C(/O)c3ccc4c(c3)CCCO4)C(=O)C(=O)N2c2ccc(CC(=O)O)cc2)c1. The molecule has 1 fully saturated rings. The van der Waals surface area contributed by atoms with Crippen molar-refractivity contribution < 1.29 is 34.1 Å². The zero-order chi connectivity index (χ0) is 26.1. The Morgan fingerprint density at radius 3 is 2.57 bits per heavy atom. The standard InChI is InChI=1S/C29H25NO7/c1-36-22-6-2-4-19(16-22)26-25(27(33)20-9-12-23-18(15-20)5-3-13-37-23)28(34)29(35)30(26)21-10-7-17(8-11-21)14-24(31)32/h2,4,6-12,15-16,26,33H,3,5,13-14H2,1H3,(H,31,32)/b27-25-. The number of carbonyl (C=O) groups excluding carboxylic acids is 2. The van der Waals surface area contributed by atoms with E-state index < -0.39 is 23.7 Å². The van der Waals surface area contributed by atoms with Crippen LogP contribution in [0.3, 0.4) is 0 Å². The molecular weight excluding hydrogens is 474 g/mol. The van der Waals surface area contributed by atoms with Crippen molar-refractivity contribution in [2.75, 3.05) is 18.6 Å². The van der Waals surface area contributed by atoms with Crippen LogP contribution in [0.15, 0.2) is 72.3 Å². The van der Waals surface area contributed by atoms with Crippen LogP contribution in [0.1, 0.15) is 34.7 Å². The summed E-state index contributed by atoms with van der Waals surface area (Å²) in [4.78, 5) is 39.2. The lowest BCUT2D eigenvalue weighted by molar-refractivity contribution is -0.136. The molecule has 1 atom stereocenters. The van der Waals surface area contributed by atoms with Crippen molar-refractivity contribution in [3.63, 3.8) is 0 Å². The maximum atomic E-state index is 13.4. The number of carbonyl (C=O) groups is 3. The van der Waals surface area contributed by atoms with Crippen LogP contribution in [0, 0.1) is 0 Å². The summed E-state index contributed by atoms with van der Waals surface area (Å²) in [6.45, 7) is 0.629. The van der Waals surface area contributed by atoms with E-state index in [9.17, 15) is 19.5 Å². The van der Waals surface area contributed by atoms with Crippen LogP contribution >= 0.6 is 0 Å². The number of aliphatic hydroxyl groups is 1.